The van der Waals surface area contributed by atoms with Crippen molar-refractivity contribution in [1.82, 2.24) is 0 Å². The highest BCUT2D eigenvalue weighted by atomic mass is 32.2. The number of hydrogen-bond donors (Lipinski definition) is 1. The van der Waals surface area contributed by atoms with Gasteiger partial charge in [-0.1, -0.05) is 42.5 Å². The lowest BCUT2D eigenvalue weighted by Crippen LogP contribution is -2.29. The van der Waals surface area contributed by atoms with Crippen LogP contribution in [-0.4, -0.2) is 27.2 Å². The molecule has 160 valence electrons. The van der Waals surface area contributed by atoms with Gasteiger partial charge in [0.2, 0.25) is 5.91 Å². The van der Waals surface area contributed by atoms with E-state index in [0.717, 1.165) is 5.56 Å². The zero-order valence-electron chi connectivity index (χ0n) is 17.1. The summed E-state index contributed by atoms with van der Waals surface area (Å²) in [6.07, 6.45) is 0. The first-order valence-electron chi connectivity index (χ1n) is 9.66. The van der Waals surface area contributed by atoms with Crippen molar-refractivity contribution in [2.24, 2.45) is 0 Å². The van der Waals surface area contributed by atoms with Crippen molar-refractivity contribution in [3.63, 3.8) is 0 Å². The first-order valence-corrected chi connectivity index (χ1v) is 12.2. The fourth-order valence-electron chi connectivity index (χ4n) is 3.51. The number of hydrogen-bond acceptors (Lipinski definition) is 5. The van der Waals surface area contributed by atoms with Gasteiger partial charge in [0.15, 0.2) is 0 Å². The number of rotatable bonds is 6. The number of carbonyl (C=O) groups is 1. The van der Waals surface area contributed by atoms with Crippen LogP contribution in [0.15, 0.2) is 77.7 Å². The molecule has 1 heterocycles. The average Bonchev–Trinajstić information content (AvgIpc) is 3.15. The van der Waals surface area contributed by atoms with Gasteiger partial charge in [-0.15, -0.1) is 11.8 Å². The van der Waals surface area contributed by atoms with E-state index in [4.69, 9.17) is 4.74 Å². The van der Waals surface area contributed by atoms with Crippen LogP contribution in [0.1, 0.15) is 16.5 Å². The molecule has 4 rings (SSSR count). The molecule has 6 nitrogen and oxygen atoms in total. The lowest BCUT2D eigenvalue weighted by atomic mass is 10.1. The Hall–Kier alpha value is -2.97. The minimum Gasteiger partial charge on any atom is -0.495 e. The van der Waals surface area contributed by atoms with Crippen LogP contribution >= 0.6 is 11.8 Å². The molecule has 0 aliphatic carbocycles. The molecule has 1 fully saturated rings. The topological polar surface area (TPSA) is 75.7 Å². The second kappa shape index (κ2) is 8.64. The number of amides is 1. The third-order valence-electron chi connectivity index (χ3n) is 4.99. The third-order valence-corrected chi connectivity index (χ3v) is 7.56. The van der Waals surface area contributed by atoms with Crippen LogP contribution in [-0.2, 0) is 14.8 Å². The number of ether oxygens (including phenoxy) is 1. The molecule has 1 saturated heterocycles. The summed E-state index contributed by atoms with van der Waals surface area (Å²) in [6, 6.07) is 21.0. The molecular formula is C23H22N2O4S2. The molecule has 0 radical (unpaired) electrons. The summed E-state index contributed by atoms with van der Waals surface area (Å²) in [6.45, 7) is 1.95. The molecule has 3 aromatic rings. The number of anilines is 2. The molecule has 0 spiro atoms. The van der Waals surface area contributed by atoms with E-state index in [0.29, 0.717) is 28.4 Å². The maximum atomic E-state index is 12.9. The molecular weight excluding hydrogens is 432 g/mol. The van der Waals surface area contributed by atoms with Gasteiger partial charge < -0.3 is 4.74 Å². The van der Waals surface area contributed by atoms with E-state index in [1.165, 1.54) is 11.8 Å². The lowest BCUT2D eigenvalue weighted by Gasteiger charge is -2.27. The number of sulfonamides is 1. The smallest absolute Gasteiger partial charge is 0.261 e. The number of aryl methyl sites for hydroxylation is 1. The molecule has 0 aromatic heterocycles. The first-order chi connectivity index (χ1) is 14.9. The molecule has 8 heteroatoms. The van der Waals surface area contributed by atoms with E-state index in [1.54, 1.807) is 54.5 Å². The van der Waals surface area contributed by atoms with Crippen molar-refractivity contribution in [3.8, 4) is 5.75 Å². The Balaban J connectivity index is 1.75. The third kappa shape index (κ3) is 4.26. The molecule has 0 bridgehead atoms. The maximum Gasteiger partial charge on any atom is 0.261 e. The Morgan fingerprint density at radius 2 is 1.74 bits per heavy atom. The molecule has 1 N–H and O–H groups in total. The van der Waals surface area contributed by atoms with E-state index in [9.17, 15) is 13.2 Å². The summed E-state index contributed by atoms with van der Waals surface area (Å²) in [7, 11) is -2.20. The van der Waals surface area contributed by atoms with E-state index in [-0.39, 0.29) is 10.8 Å². The zero-order valence-corrected chi connectivity index (χ0v) is 18.7. The second-order valence-corrected chi connectivity index (χ2v) is 9.86. The van der Waals surface area contributed by atoms with Crippen LogP contribution in [0.2, 0.25) is 0 Å². The predicted molar refractivity (Wildman–Crippen MR) is 124 cm³/mol. The van der Waals surface area contributed by atoms with E-state index in [1.807, 2.05) is 37.3 Å². The lowest BCUT2D eigenvalue weighted by molar-refractivity contribution is -0.115. The number of benzene rings is 3. The molecule has 1 unspecified atom stereocenters. The Labute approximate surface area is 186 Å². The zero-order chi connectivity index (χ0) is 22.0. The van der Waals surface area contributed by atoms with Crippen molar-refractivity contribution in [2.45, 2.75) is 17.2 Å². The van der Waals surface area contributed by atoms with Crippen LogP contribution < -0.4 is 14.4 Å². The van der Waals surface area contributed by atoms with Gasteiger partial charge in [0.05, 0.1) is 29.1 Å². The molecule has 0 saturated carbocycles. The molecule has 1 amide bonds. The van der Waals surface area contributed by atoms with Gasteiger partial charge in [0.1, 0.15) is 11.1 Å². The molecule has 31 heavy (non-hydrogen) atoms. The Morgan fingerprint density at radius 3 is 2.48 bits per heavy atom. The van der Waals surface area contributed by atoms with Gasteiger partial charge >= 0.3 is 0 Å². The summed E-state index contributed by atoms with van der Waals surface area (Å²) in [5, 5.41) is -0.391. The normalized spacial score (nSPS) is 16.4. The SMILES string of the molecule is COc1ccc(C)cc1N1C(=O)CSC1c1ccccc1NS(=O)(=O)c1ccccc1. The Kier molecular flexibility index (Phi) is 5.93. The average molecular weight is 455 g/mol. The van der Waals surface area contributed by atoms with Crippen molar-refractivity contribution < 1.29 is 17.9 Å². The van der Waals surface area contributed by atoms with Crippen molar-refractivity contribution in [2.75, 3.05) is 22.5 Å². The van der Waals surface area contributed by atoms with Crippen LogP contribution in [0.5, 0.6) is 5.75 Å². The monoisotopic (exact) mass is 454 g/mol. The molecule has 3 aromatic carbocycles. The number of carbonyl (C=O) groups excluding carboxylic acids is 1. The van der Waals surface area contributed by atoms with Gasteiger partial charge in [0, 0.05) is 5.56 Å². The molecule has 1 atom stereocenters. The van der Waals surface area contributed by atoms with Gasteiger partial charge in [-0.05, 0) is 42.8 Å². The van der Waals surface area contributed by atoms with Crippen LogP contribution in [0.25, 0.3) is 0 Å². The predicted octanol–water partition coefficient (Wildman–Crippen LogP) is 4.58. The van der Waals surface area contributed by atoms with Crippen LogP contribution in [0.4, 0.5) is 11.4 Å². The van der Waals surface area contributed by atoms with E-state index < -0.39 is 15.4 Å². The Bertz CT molecular complexity index is 1210. The van der Waals surface area contributed by atoms with E-state index in [2.05, 4.69) is 4.72 Å². The summed E-state index contributed by atoms with van der Waals surface area (Å²) in [5.74, 6) is 0.829. The van der Waals surface area contributed by atoms with Gasteiger partial charge in [0.25, 0.3) is 10.0 Å². The maximum absolute atomic E-state index is 12.9. The highest BCUT2D eigenvalue weighted by Gasteiger charge is 2.37. The van der Waals surface area contributed by atoms with Gasteiger partial charge in [-0.3, -0.25) is 14.4 Å². The van der Waals surface area contributed by atoms with Crippen LogP contribution in [0, 0.1) is 6.92 Å². The summed E-state index contributed by atoms with van der Waals surface area (Å²) >= 11 is 1.45. The Morgan fingerprint density at radius 1 is 1.03 bits per heavy atom. The minimum atomic E-state index is -3.77. The number of para-hydroxylation sites is 1. The van der Waals surface area contributed by atoms with Crippen molar-refractivity contribution in [1.29, 1.82) is 0 Å². The number of nitrogens with zero attached hydrogens (tertiary/aromatic N) is 1. The largest absolute Gasteiger partial charge is 0.495 e. The van der Waals surface area contributed by atoms with Crippen molar-refractivity contribution >= 4 is 39.1 Å². The minimum absolute atomic E-state index is 0.0559. The molecule has 1 aliphatic rings. The van der Waals surface area contributed by atoms with Gasteiger partial charge in [-0.25, -0.2) is 8.42 Å². The fourth-order valence-corrected chi connectivity index (χ4v) is 5.83. The highest BCUT2D eigenvalue weighted by molar-refractivity contribution is 8.00. The summed E-state index contributed by atoms with van der Waals surface area (Å²) in [5.41, 5.74) is 2.82. The standard InChI is InChI=1S/C23H22N2O4S2/c1-16-12-13-21(29-2)20(14-16)25-22(26)15-30-23(25)18-10-6-7-11-19(18)24-31(27,28)17-8-4-3-5-9-17/h3-14,23-24H,15H2,1-2H3. The van der Waals surface area contributed by atoms with Crippen molar-refractivity contribution in [3.05, 3.63) is 83.9 Å². The summed E-state index contributed by atoms with van der Waals surface area (Å²) < 4.78 is 34.0. The van der Waals surface area contributed by atoms with E-state index >= 15 is 0 Å². The molecule has 1 aliphatic heterocycles. The van der Waals surface area contributed by atoms with Crippen LogP contribution in [0.3, 0.4) is 0 Å². The fraction of sp³-hybridized carbons (Fsp3) is 0.174. The summed E-state index contributed by atoms with van der Waals surface area (Å²) in [4.78, 5) is 14.7. The number of nitrogens with one attached hydrogen (secondary N) is 1. The second-order valence-electron chi connectivity index (χ2n) is 7.11. The first kappa shape index (κ1) is 21.3. The van der Waals surface area contributed by atoms with Gasteiger partial charge in [-0.2, -0.15) is 0 Å². The quantitative estimate of drug-likeness (QED) is 0.590. The number of methoxy groups -OCH3 is 1. The number of thioether (sulfide) groups is 1. The highest BCUT2D eigenvalue weighted by Crippen LogP contribution is 2.47.